The van der Waals surface area contributed by atoms with E-state index >= 15 is 0 Å². The molecular formula is C23H17N3O5. The normalized spacial score (nSPS) is 16.3. The minimum atomic E-state index is -0.701. The Balaban J connectivity index is 1.77. The number of hydrogen-bond acceptors (Lipinski definition) is 6. The number of anilines is 1. The Bertz CT molecular complexity index is 1430. The number of ether oxygens (including phenoxy) is 1. The van der Waals surface area contributed by atoms with Gasteiger partial charge in [-0.2, -0.15) is 0 Å². The molecule has 1 aliphatic heterocycles. The molecule has 2 aromatic carbocycles. The maximum absolute atomic E-state index is 13.4. The third-order valence-corrected chi connectivity index (χ3v) is 5.61. The van der Waals surface area contributed by atoms with Crippen molar-refractivity contribution in [2.24, 2.45) is 7.05 Å². The van der Waals surface area contributed by atoms with Crippen molar-refractivity contribution in [3.63, 3.8) is 0 Å². The number of aromatic amines is 1. The molecule has 8 heteroatoms. The molecule has 1 aliphatic carbocycles. The Morgan fingerprint density at radius 1 is 1.00 bits per heavy atom. The van der Waals surface area contributed by atoms with Gasteiger partial charge >= 0.3 is 11.7 Å². The number of nitrogens with one attached hydrogen (secondary N) is 2. The predicted molar refractivity (Wildman–Crippen MR) is 113 cm³/mol. The van der Waals surface area contributed by atoms with Gasteiger partial charge in [0.25, 0.3) is 5.56 Å². The molecule has 0 saturated heterocycles. The second-order valence-corrected chi connectivity index (χ2v) is 7.46. The van der Waals surface area contributed by atoms with Crippen molar-refractivity contribution < 1.29 is 14.3 Å². The average molecular weight is 415 g/mol. The van der Waals surface area contributed by atoms with E-state index in [0.29, 0.717) is 34.0 Å². The molecule has 0 saturated carbocycles. The first kappa shape index (κ1) is 18.8. The number of H-pyrrole nitrogens is 1. The largest absolute Gasteiger partial charge is 0.427 e. The van der Waals surface area contributed by atoms with E-state index in [0.717, 1.165) is 5.56 Å². The van der Waals surface area contributed by atoms with Gasteiger partial charge in [-0.1, -0.05) is 36.4 Å². The fourth-order valence-electron chi connectivity index (χ4n) is 4.26. The lowest BCUT2D eigenvalue weighted by Gasteiger charge is -2.29. The fraction of sp³-hybridized carbons (Fsp3) is 0.130. The molecule has 2 N–H and O–H groups in total. The first-order valence-corrected chi connectivity index (χ1v) is 9.63. The summed E-state index contributed by atoms with van der Waals surface area (Å²) in [7, 11) is 1.55. The van der Waals surface area contributed by atoms with Crippen LogP contribution in [0.15, 0.2) is 63.7 Å². The number of hydrogen-bond donors (Lipinski definition) is 2. The van der Waals surface area contributed by atoms with E-state index < -0.39 is 23.1 Å². The Morgan fingerprint density at radius 2 is 1.68 bits per heavy atom. The summed E-state index contributed by atoms with van der Waals surface area (Å²) < 4.78 is 6.43. The van der Waals surface area contributed by atoms with Crippen LogP contribution < -0.4 is 21.3 Å². The van der Waals surface area contributed by atoms with Gasteiger partial charge in [-0.3, -0.25) is 23.9 Å². The van der Waals surface area contributed by atoms with Crippen LogP contribution in [0.3, 0.4) is 0 Å². The molecule has 3 aromatic rings. The average Bonchev–Trinajstić information content (AvgIpc) is 3.03. The number of nitrogens with zero attached hydrogens (tertiary/aromatic N) is 1. The number of carbonyl (C=O) groups is 2. The van der Waals surface area contributed by atoms with Crippen LogP contribution in [0.5, 0.6) is 5.75 Å². The zero-order valence-corrected chi connectivity index (χ0v) is 16.7. The summed E-state index contributed by atoms with van der Waals surface area (Å²) in [6.45, 7) is 1.31. The molecule has 0 bridgehead atoms. The van der Waals surface area contributed by atoms with Crippen LogP contribution in [0.4, 0.5) is 5.82 Å². The molecule has 0 fully saturated rings. The smallest absolute Gasteiger partial charge is 0.329 e. The highest BCUT2D eigenvalue weighted by Gasteiger charge is 2.42. The summed E-state index contributed by atoms with van der Waals surface area (Å²) in [5.41, 5.74) is 2.12. The number of ketones is 1. The summed E-state index contributed by atoms with van der Waals surface area (Å²) in [4.78, 5) is 52.0. The standard InChI is InChI=1S/C23H17N3O5/c1-11(27)31-13-9-7-12(8-10-13)16-17-19(14-5-3-4-6-15(14)20(17)28)24-21-18(16)22(29)25-23(30)26(21)2/h3-10,16,24H,1-2H3,(H,25,29,30)/t16-/m1/s1. The molecule has 0 unspecified atom stereocenters. The molecule has 154 valence electrons. The maximum atomic E-state index is 13.4. The number of Topliss-reactive ketones (excluding diaryl/α,β-unsaturated/α-hetero) is 1. The lowest BCUT2D eigenvalue weighted by atomic mass is 9.81. The van der Waals surface area contributed by atoms with Gasteiger partial charge in [-0.25, -0.2) is 4.79 Å². The van der Waals surface area contributed by atoms with Crippen LogP contribution in [0.2, 0.25) is 0 Å². The van der Waals surface area contributed by atoms with Crippen LogP contribution in [0.1, 0.15) is 39.9 Å². The van der Waals surface area contributed by atoms with Gasteiger partial charge in [0, 0.05) is 36.6 Å². The SMILES string of the molecule is CC(=O)Oc1ccc([C@@H]2C3=C(Nc4c2c(=O)[nH]c(=O)n4C)c2ccccc2C3=O)cc1. The van der Waals surface area contributed by atoms with Crippen LogP contribution in [-0.2, 0) is 11.8 Å². The highest BCUT2D eigenvalue weighted by atomic mass is 16.5. The zero-order valence-electron chi connectivity index (χ0n) is 16.7. The quantitative estimate of drug-likeness (QED) is 0.490. The summed E-state index contributed by atoms with van der Waals surface area (Å²) in [6, 6.07) is 13.8. The molecule has 31 heavy (non-hydrogen) atoms. The van der Waals surface area contributed by atoms with E-state index in [4.69, 9.17) is 4.74 Å². The van der Waals surface area contributed by atoms with Gasteiger partial charge in [0.15, 0.2) is 5.78 Å². The molecule has 8 nitrogen and oxygen atoms in total. The van der Waals surface area contributed by atoms with Crippen molar-refractivity contribution in [3.8, 4) is 5.75 Å². The number of esters is 1. The minimum Gasteiger partial charge on any atom is -0.427 e. The van der Waals surface area contributed by atoms with Gasteiger partial charge in [0.1, 0.15) is 11.6 Å². The first-order valence-electron chi connectivity index (χ1n) is 9.63. The maximum Gasteiger partial charge on any atom is 0.329 e. The summed E-state index contributed by atoms with van der Waals surface area (Å²) in [6.07, 6.45) is 0. The molecule has 1 atom stereocenters. The highest BCUT2D eigenvalue weighted by Crippen LogP contribution is 2.47. The second kappa shape index (κ2) is 6.66. The number of carbonyl (C=O) groups excluding carboxylic acids is 2. The molecular weight excluding hydrogens is 398 g/mol. The van der Waals surface area contributed by atoms with E-state index in [-0.39, 0.29) is 11.3 Å². The van der Waals surface area contributed by atoms with Crippen LogP contribution in [0, 0.1) is 0 Å². The highest BCUT2D eigenvalue weighted by molar-refractivity contribution is 6.23. The third-order valence-electron chi connectivity index (χ3n) is 5.61. The van der Waals surface area contributed by atoms with Crippen LogP contribution in [-0.4, -0.2) is 21.3 Å². The molecule has 2 heterocycles. The van der Waals surface area contributed by atoms with E-state index in [2.05, 4.69) is 10.3 Å². The van der Waals surface area contributed by atoms with Crippen molar-refractivity contribution >= 4 is 23.3 Å². The van der Waals surface area contributed by atoms with Crippen molar-refractivity contribution in [1.29, 1.82) is 0 Å². The van der Waals surface area contributed by atoms with Crippen LogP contribution >= 0.6 is 0 Å². The van der Waals surface area contributed by atoms with Crippen molar-refractivity contribution in [2.45, 2.75) is 12.8 Å². The molecule has 5 rings (SSSR count). The van der Waals surface area contributed by atoms with Gasteiger partial charge in [0.2, 0.25) is 0 Å². The minimum absolute atomic E-state index is 0.175. The zero-order chi connectivity index (χ0) is 21.9. The number of fused-ring (bicyclic) bond motifs is 3. The van der Waals surface area contributed by atoms with E-state index in [1.807, 2.05) is 12.1 Å². The third kappa shape index (κ3) is 2.76. The van der Waals surface area contributed by atoms with Crippen molar-refractivity contribution in [1.82, 2.24) is 9.55 Å². The van der Waals surface area contributed by atoms with Gasteiger partial charge in [0.05, 0.1) is 11.3 Å². The Labute approximate surface area is 175 Å². The Hall–Kier alpha value is -4.20. The number of aromatic nitrogens is 2. The van der Waals surface area contributed by atoms with Crippen molar-refractivity contribution in [3.05, 3.63) is 97.2 Å². The second-order valence-electron chi connectivity index (χ2n) is 7.46. The molecule has 1 aromatic heterocycles. The number of allylic oxidation sites excluding steroid dienone is 1. The molecule has 0 radical (unpaired) electrons. The first-order chi connectivity index (χ1) is 14.9. The fourth-order valence-corrected chi connectivity index (χ4v) is 4.26. The molecule has 0 spiro atoms. The predicted octanol–water partition coefficient (Wildman–Crippen LogP) is 2.16. The van der Waals surface area contributed by atoms with Crippen LogP contribution in [0.25, 0.3) is 5.70 Å². The van der Waals surface area contributed by atoms with Gasteiger partial charge < -0.3 is 10.1 Å². The van der Waals surface area contributed by atoms with Gasteiger partial charge in [-0.15, -0.1) is 0 Å². The van der Waals surface area contributed by atoms with E-state index in [9.17, 15) is 19.2 Å². The summed E-state index contributed by atoms with van der Waals surface area (Å²) in [5, 5.41) is 3.17. The summed E-state index contributed by atoms with van der Waals surface area (Å²) >= 11 is 0. The topological polar surface area (TPSA) is 110 Å². The van der Waals surface area contributed by atoms with Gasteiger partial charge in [-0.05, 0) is 17.7 Å². The lowest BCUT2D eigenvalue weighted by Crippen LogP contribution is -2.37. The monoisotopic (exact) mass is 415 g/mol. The van der Waals surface area contributed by atoms with E-state index in [1.165, 1.54) is 11.5 Å². The Morgan fingerprint density at radius 3 is 2.35 bits per heavy atom. The molecule has 0 amide bonds. The lowest BCUT2D eigenvalue weighted by molar-refractivity contribution is -0.131. The summed E-state index contributed by atoms with van der Waals surface area (Å²) in [5.74, 6) is -0.627. The Kier molecular flexibility index (Phi) is 4.04. The number of rotatable bonds is 2. The van der Waals surface area contributed by atoms with Crippen molar-refractivity contribution in [2.75, 3.05) is 5.32 Å². The molecule has 2 aliphatic rings. The van der Waals surface area contributed by atoms with E-state index in [1.54, 1.807) is 43.4 Å². The number of benzene rings is 2.